The van der Waals surface area contributed by atoms with Crippen LogP contribution in [0.25, 0.3) is 0 Å². The number of carbonyl (C=O) groups is 2. The summed E-state index contributed by atoms with van der Waals surface area (Å²) in [6.45, 7) is 2.19. The van der Waals surface area contributed by atoms with Gasteiger partial charge in [0, 0.05) is 19.2 Å². The SMILES string of the molecule is COC[C@@H](C)NC(=O)C(=O)NC1CC1. The summed E-state index contributed by atoms with van der Waals surface area (Å²) in [4.78, 5) is 22.4. The van der Waals surface area contributed by atoms with E-state index in [0.29, 0.717) is 6.61 Å². The van der Waals surface area contributed by atoms with Crippen molar-refractivity contribution >= 4 is 11.8 Å². The largest absolute Gasteiger partial charge is 0.383 e. The molecule has 0 spiro atoms. The Morgan fingerprint density at radius 3 is 2.57 bits per heavy atom. The smallest absolute Gasteiger partial charge is 0.309 e. The van der Waals surface area contributed by atoms with Crippen molar-refractivity contribution < 1.29 is 14.3 Å². The van der Waals surface area contributed by atoms with Crippen molar-refractivity contribution in [3.8, 4) is 0 Å². The summed E-state index contributed by atoms with van der Waals surface area (Å²) < 4.78 is 4.83. The second-order valence-electron chi connectivity index (χ2n) is 3.58. The van der Waals surface area contributed by atoms with Gasteiger partial charge in [0.15, 0.2) is 0 Å². The average Bonchev–Trinajstić information content (AvgIpc) is 2.88. The second-order valence-corrected chi connectivity index (χ2v) is 3.58. The van der Waals surface area contributed by atoms with Crippen LogP contribution in [0.4, 0.5) is 0 Å². The molecule has 0 bridgehead atoms. The number of amides is 2. The van der Waals surface area contributed by atoms with Crippen molar-refractivity contribution in [1.29, 1.82) is 0 Å². The molecule has 0 aliphatic heterocycles. The Morgan fingerprint density at radius 1 is 1.43 bits per heavy atom. The first kappa shape index (κ1) is 11.0. The third-order valence-corrected chi connectivity index (χ3v) is 1.91. The van der Waals surface area contributed by atoms with Gasteiger partial charge in [0.05, 0.1) is 6.61 Å². The minimum atomic E-state index is -0.582. The van der Waals surface area contributed by atoms with Gasteiger partial charge in [0.1, 0.15) is 0 Å². The number of nitrogens with one attached hydrogen (secondary N) is 2. The molecule has 5 heteroatoms. The molecule has 1 saturated carbocycles. The number of carbonyl (C=O) groups excluding carboxylic acids is 2. The van der Waals surface area contributed by atoms with Crippen LogP contribution in [0.1, 0.15) is 19.8 Å². The molecule has 80 valence electrons. The Morgan fingerprint density at radius 2 is 2.07 bits per heavy atom. The fourth-order valence-electron chi connectivity index (χ4n) is 1.06. The van der Waals surface area contributed by atoms with Gasteiger partial charge in [-0.05, 0) is 19.8 Å². The fourth-order valence-corrected chi connectivity index (χ4v) is 1.06. The molecule has 14 heavy (non-hydrogen) atoms. The quantitative estimate of drug-likeness (QED) is 0.596. The van der Waals surface area contributed by atoms with E-state index in [2.05, 4.69) is 10.6 Å². The maximum absolute atomic E-state index is 11.2. The molecule has 1 fully saturated rings. The molecule has 0 heterocycles. The molecule has 0 unspecified atom stereocenters. The molecule has 5 nitrogen and oxygen atoms in total. The van der Waals surface area contributed by atoms with Gasteiger partial charge in [-0.15, -0.1) is 0 Å². The molecule has 0 aromatic heterocycles. The van der Waals surface area contributed by atoms with Crippen molar-refractivity contribution in [3.05, 3.63) is 0 Å². The summed E-state index contributed by atoms with van der Waals surface area (Å²) in [5.74, 6) is -1.13. The van der Waals surface area contributed by atoms with Gasteiger partial charge in [-0.3, -0.25) is 9.59 Å². The number of hydrogen-bond acceptors (Lipinski definition) is 3. The summed E-state index contributed by atoms with van der Waals surface area (Å²) >= 11 is 0. The summed E-state index contributed by atoms with van der Waals surface area (Å²) in [7, 11) is 1.55. The van der Waals surface area contributed by atoms with E-state index in [4.69, 9.17) is 4.74 Å². The van der Waals surface area contributed by atoms with Crippen LogP contribution in [-0.2, 0) is 14.3 Å². The number of rotatable bonds is 4. The Hall–Kier alpha value is -1.10. The minimum absolute atomic E-state index is 0.141. The highest BCUT2D eigenvalue weighted by Crippen LogP contribution is 2.18. The van der Waals surface area contributed by atoms with Gasteiger partial charge in [0.2, 0.25) is 0 Å². The molecule has 2 amide bonds. The predicted octanol–water partition coefficient (Wildman–Crippen LogP) is -0.584. The first-order valence-corrected chi connectivity index (χ1v) is 4.73. The van der Waals surface area contributed by atoms with Crippen molar-refractivity contribution in [1.82, 2.24) is 10.6 Å². The lowest BCUT2D eigenvalue weighted by Gasteiger charge is -2.11. The summed E-state index contributed by atoms with van der Waals surface area (Å²) in [6, 6.07) is 0.0726. The van der Waals surface area contributed by atoms with E-state index in [-0.39, 0.29) is 12.1 Å². The van der Waals surface area contributed by atoms with Crippen LogP contribution in [0.5, 0.6) is 0 Å². The zero-order chi connectivity index (χ0) is 10.6. The number of ether oxygens (including phenoxy) is 1. The van der Waals surface area contributed by atoms with E-state index in [1.165, 1.54) is 0 Å². The maximum Gasteiger partial charge on any atom is 0.309 e. The lowest BCUT2D eigenvalue weighted by molar-refractivity contribution is -0.139. The fraction of sp³-hybridized carbons (Fsp3) is 0.778. The molecular weight excluding hydrogens is 184 g/mol. The van der Waals surface area contributed by atoms with E-state index in [0.717, 1.165) is 12.8 Å². The average molecular weight is 200 g/mol. The van der Waals surface area contributed by atoms with Crippen molar-refractivity contribution in [2.75, 3.05) is 13.7 Å². The van der Waals surface area contributed by atoms with Crippen LogP contribution in [0.15, 0.2) is 0 Å². The molecular formula is C9H16N2O3. The molecule has 0 radical (unpaired) electrons. The van der Waals surface area contributed by atoms with Gasteiger partial charge >= 0.3 is 11.8 Å². The normalized spacial score (nSPS) is 17.3. The number of methoxy groups -OCH3 is 1. The van der Waals surface area contributed by atoms with Crippen molar-refractivity contribution in [2.45, 2.75) is 31.8 Å². The lowest BCUT2D eigenvalue weighted by atomic mass is 10.3. The molecule has 0 aromatic carbocycles. The topological polar surface area (TPSA) is 67.4 Å². The van der Waals surface area contributed by atoms with Crippen LogP contribution in [0.3, 0.4) is 0 Å². The lowest BCUT2D eigenvalue weighted by Crippen LogP contribution is -2.45. The van der Waals surface area contributed by atoms with Crippen LogP contribution < -0.4 is 10.6 Å². The molecule has 0 aromatic rings. The van der Waals surface area contributed by atoms with Crippen LogP contribution in [0.2, 0.25) is 0 Å². The predicted molar refractivity (Wildman–Crippen MR) is 50.6 cm³/mol. The van der Waals surface area contributed by atoms with Gasteiger partial charge in [0.25, 0.3) is 0 Å². The Kier molecular flexibility index (Phi) is 3.88. The van der Waals surface area contributed by atoms with E-state index >= 15 is 0 Å². The van der Waals surface area contributed by atoms with Gasteiger partial charge in [-0.25, -0.2) is 0 Å². The summed E-state index contributed by atoms with van der Waals surface area (Å²) in [5.41, 5.74) is 0. The third kappa shape index (κ3) is 3.74. The molecule has 0 saturated heterocycles. The number of hydrogen-bond donors (Lipinski definition) is 2. The Balaban J connectivity index is 2.21. The maximum atomic E-state index is 11.2. The highest BCUT2D eigenvalue weighted by Gasteiger charge is 2.26. The van der Waals surface area contributed by atoms with E-state index in [1.54, 1.807) is 14.0 Å². The minimum Gasteiger partial charge on any atom is -0.383 e. The van der Waals surface area contributed by atoms with E-state index in [1.807, 2.05) is 0 Å². The summed E-state index contributed by atoms with van der Waals surface area (Å²) in [5, 5.41) is 5.15. The van der Waals surface area contributed by atoms with Gasteiger partial charge < -0.3 is 15.4 Å². The van der Waals surface area contributed by atoms with Gasteiger partial charge in [-0.2, -0.15) is 0 Å². The zero-order valence-electron chi connectivity index (χ0n) is 8.50. The van der Waals surface area contributed by atoms with Crippen LogP contribution in [0, 0.1) is 0 Å². The standard InChI is InChI=1S/C9H16N2O3/c1-6(5-14-2)10-8(12)9(13)11-7-3-4-7/h6-7H,3-5H2,1-2H3,(H,10,12)(H,11,13)/t6-/m1/s1. The van der Waals surface area contributed by atoms with E-state index in [9.17, 15) is 9.59 Å². The molecule has 2 N–H and O–H groups in total. The first-order valence-electron chi connectivity index (χ1n) is 4.73. The summed E-state index contributed by atoms with van der Waals surface area (Å²) in [6.07, 6.45) is 1.96. The Labute approximate surface area is 83.2 Å². The van der Waals surface area contributed by atoms with Crippen molar-refractivity contribution in [2.24, 2.45) is 0 Å². The highest BCUT2D eigenvalue weighted by atomic mass is 16.5. The van der Waals surface area contributed by atoms with Crippen molar-refractivity contribution in [3.63, 3.8) is 0 Å². The monoisotopic (exact) mass is 200 g/mol. The third-order valence-electron chi connectivity index (χ3n) is 1.91. The second kappa shape index (κ2) is 4.95. The Bertz CT molecular complexity index is 226. The first-order chi connectivity index (χ1) is 6.63. The molecule has 1 aliphatic carbocycles. The van der Waals surface area contributed by atoms with Crippen LogP contribution in [-0.4, -0.2) is 37.6 Å². The molecule has 1 rings (SSSR count). The molecule has 1 atom stereocenters. The van der Waals surface area contributed by atoms with Crippen LogP contribution >= 0.6 is 0 Å². The van der Waals surface area contributed by atoms with E-state index < -0.39 is 11.8 Å². The highest BCUT2D eigenvalue weighted by molar-refractivity contribution is 6.35. The van der Waals surface area contributed by atoms with Gasteiger partial charge in [-0.1, -0.05) is 0 Å². The zero-order valence-corrected chi connectivity index (χ0v) is 8.50. The molecule has 1 aliphatic rings.